The fraction of sp³-hybridized carbons (Fsp3) is 0.571. The van der Waals surface area contributed by atoms with Crippen molar-refractivity contribution in [1.29, 1.82) is 0 Å². The van der Waals surface area contributed by atoms with E-state index in [1.807, 2.05) is 43.0 Å². The van der Waals surface area contributed by atoms with E-state index >= 15 is 0 Å². The van der Waals surface area contributed by atoms with E-state index in [4.69, 9.17) is 4.74 Å². The lowest BCUT2D eigenvalue weighted by molar-refractivity contribution is 0.106. The number of ether oxygens (including phenoxy) is 1. The van der Waals surface area contributed by atoms with Gasteiger partial charge < -0.3 is 15.2 Å². The van der Waals surface area contributed by atoms with E-state index in [1.165, 1.54) is 0 Å². The van der Waals surface area contributed by atoms with Crippen molar-refractivity contribution in [3.8, 4) is 5.75 Å². The highest BCUT2D eigenvalue weighted by atomic mass is 32.2. The van der Waals surface area contributed by atoms with Crippen LogP contribution in [-0.2, 0) is 0 Å². The maximum atomic E-state index is 9.74. The van der Waals surface area contributed by atoms with Crippen LogP contribution < -0.4 is 10.1 Å². The molecule has 2 N–H and O–H groups in total. The first-order chi connectivity index (χ1) is 8.72. The number of thioether (sulfide) groups is 1. The molecule has 0 amide bonds. The predicted molar refractivity (Wildman–Crippen MR) is 78.5 cm³/mol. The van der Waals surface area contributed by atoms with Crippen LogP contribution in [0.25, 0.3) is 0 Å². The minimum atomic E-state index is -0.459. The summed E-state index contributed by atoms with van der Waals surface area (Å²) in [4.78, 5) is 0. The van der Waals surface area contributed by atoms with Gasteiger partial charge in [0.15, 0.2) is 0 Å². The molecule has 1 aromatic rings. The summed E-state index contributed by atoms with van der Waals surface area (Å²) in [5.74, 6) is 1.97. The maximum absolute atomic E-state index is 9.74. The second kappa shape index (κ2) is 9.25. The molecule has 1 aromatic carbocycles. The van der Waals surface area contributed by atoms with Gasteiger partial charge in [-0.2, -0.15) is 11.8 Å². The van der Waals surface area contributed by atoms with Crippen molar-refractivity contribution < 1.29 is 9.84 Å². The summed E-state index contributed by atoms with van der Waals surface area (Å²) < 4.78 is 5.53. The monoisotopic (exact) mass is 269 g/mol. The largest absolute Gasteiger partial charge is 0.491 e. The standard InChI is InChI=1S/C14H23NO2S/c1-12-5-3-6-14(9-12)17-11-13(16)10-15-7-4-8-18-2/h3,5-6,9,13,15-16H,4,7-8,10-11H2,1-2H3. The Morgan fingerprint density at radius 3 is 3.00 bits per heavy atom. The van der Waals surface area contributed by atoms with Crippen molar-refractivity contribution >= 4 is 11.8 Å². The molecule has 4 heteroatoms. The molecule has 1 rings (SSSR count). The maximum Gasteiger partial charge on any atom is 0.119 e. The minimum absolute atomic E-state index is 0.332. The Morgan fingerprint density at radius 2 is 2.28 bits per heavy atom. The van der Waals surface area contributed by atoms with Crippen LogP contribution in [0.4, 0.5) is 0 Å². The zero-order valence-electron chi connectivity index (χ0n) is 11.2. The Labute approximate surface area is 114 Å². The van der Waals surface area contributed by atoms with Gasteiger partial charge in [-0.25, -0.2) is 0 Å². The molecule has 102 valence electrons. The Balaban J connectivity index is 2.11. The van der Waals surface area contributed by atoms with Gasteiger partial charge in [0.1, 0.15) is 18.5 Å². The number of nitrogens with one attached hydrogen (secondary N) is 1. The molecule has 18 heavy (non-hydrogen) atoms. The molecule has 0 radical (unpaired) electrons. The van der Waals surface area contributed by atoms with Gasteiger partial charge in [0.05, 0.1) is 0 Å². The van der Waals surface area contributed by atoms with E-state index < -0.39 is 6.10 Å². The van der Waals surface area contributed by atoms with Crippen molar-refractivity contribution in [1.82, 2.24) is 5.32 Å². The van der Waals surface area contributed by atoms with E-state index in [1.54, 1.807) is 0 Å². The SMILES string of the molecule is CSCCCNCC(O)COc1cccc(C)c1. The van der Waals surface area contributed by atoms with Gasteiger partial charge in [-0.3, -0.25) is 0 Å². The Bertz CT molecular complexity index is 333. The third kappa shape index (κ3) is 6.89. The smallest absolute Gasteiger partial charge is 0.119 e. The summed E-state index contributed by atoms with van der Waals surface area (Å²) in [5, 5.41) is 13.0. The van der Waals surface area contributed by atoms with Crippen LogP contribution in [0, 0.1) is 6.92 Å². The molecule has 0 aliphatic carbocycles. The van der Waals surface area contributed by atoms with Crippen LogP contribution in [0.1, 0.15) is 12.0 Å². The van der Waals surface area contributed by atoms with Gasteiger partial charge in [0.2, 0.25) is 0 Å². The summed E-state index contributed by atoms with van der Waals surface area (Å²) in [6, 6.07) is 7.86. The van der Waals surface area contributed by atoms with Gasteiger partial charge in [-0.15, -0.1) is 0 Å². The number of hydrogen-bond acceptors (Lipinski definition) is 4. The van der Waals surface area contributed by atoms with E-state index in [0.717, 1.165) is 30.0 Å². The summed E-state index contributed by atoms with van der Waals surface area (Å²) in [6.07, 6.45) is 2.77. The summed E-state index contributed by atoms with van der Waals surface area (Å²) in [7, 11) is 0. The molecular weight excluding hydrogens is 246 g/mol. The van der Waals surface area contributed by atoms with E-state index in [-0.39, 0.29) is 0 Å². The van der Waals surface area contributed by atoms with Gasteiger partial charge in [0, 0.05) is 6.54 Å². The lowest BCUT2D eigenvalue weighted by Gasteiger charge is -2.13. The zero-order valence-corrected chi connectivity index (χ0v) is 12.0. The molecule has 3 nitrogen and oxygen atoms in total. The molecule has 1 atom stereocenters. The highest BCUT2D eigenvalue weighted by Gasteiger charge is 2.04. The number of aliphatic hydroxyl groups is 1. The normalized spacial score (nSPS) is 12.4. The predicted octanol–water partition coefficient (Wildman–Crippen LogP) is 2.08. The molecule has 0 heterocycles. The van der Waals surface area contributed by atoms with E-state index in [9.17, 15) is 5.11 Å². The number of aryl methyl sites for hydroxylation is 1. The average molecular weight is 269 g/mol. The topological polar surface area (TPSA) is 41.5 Å². The summed E-state index contributed by atoms with van der Waals surface area (Å²) in [5.41, 5.74) is 1.16. The molecule has 0 fully saturated rings. The highest BCUT2D eigenvalue weighted by molar-refractivity contribution is 7.98. The molecule has 0 saturated carbocycles. The van der Waals surface area contributed by atoms with Crippen LogP contribution in [-0.4, -0.2) is 42.9 Å². The van der Waals surface area contributed by atoms with Crippen LogP contribution in [0.2, 0.25) is 0 Å². The number of rotatable bonds is 9. The van der Waals surface area contributed by atoms with Crippen LogP contribution in [0.5, 0.6) is 5.75 Å². The van der Waals surface area contributed by atoms with Crippen molar-refractivity contribution in [2.24, 2.45) is 0 Å². The first kappa shape index (κ1) is 15.3. The minimum Gasteiger partial charge on any atom is -0.491 e. The Hall–Kier alpha value is -0.710. The quantitative estimate of drug-likeness (QED) is 0.674. The molecule has 0 aromatic heterocycles. The first-order valence-electron chi connectivity index (χ1n) is 6.29. The highest BCUT2D eigenvalue weighted by Crippen LogP contribution is 2.12. The third-order valence-corrected chi connectivity index (χ3v) is 3.21. The molecule has 0 spiro atoms. The second-order valence-electron chi connectivity index (χ2n) is 4.33. The van der Waals surface area contributed by atoms with Gasteiger partial charge in [0.25, 0.3) is 0 Å². The number of aliphatic hydroxyl groups excluding tert-OH is 1. The zero-order chi connectivity index (χ0) is 13.2. The van der Waals surface area contributed by atoms with Crippen molar-refractivity contribution in [3.63, 3.8) is 0 Å². The van der Waals surface area contributed by atoms with Crippen LogP contribution in [0.15, 0.2) is 24.3 Å². The van der Waals surface area contributed by atoms with Gasteiger partial charge >= 0.3 is 0 Å². The van der Waals surface area contributed by atoms with Crippen molar-refractivity contribution in [3.05, 3.63) is 29.8 Å². The lowest BCUT2D eigenvalue weighted by atomic mass is 10.2. The second-order valence-corrected chi connectivity index (χ2v) is 5.32. The van der Waals surface area contributed by atoms with E-state index in [2.05, 4.69) is 11.6 Å². The number of benzene rings is 1. The Morgan fingerprint density at radius 1 is 1.44 bits per heavy atom. The lowest BCUT2D eigenvalue weighted by Crippen LogP contribution is -2.32. The van der Waals surface area contributed by atoms with Gasteiger partial charge in [-0.05, 0) is 49.6 Å². The van der Waals surface area contributed by atoms with Crippen molar-refractivity contribution in [2.45, 2.75) is 19.4 Å². The van der Waals surface area contributed by atoms with Crippen molar-refractivity contribution in [2.75, 3.05) is 31.7 Å². The van der Waals surface area contributed by atoms with Crippen LogP contribution >= 0.6 is 11.8 Å². The molecule has 0 aliphatic rings. The molecule has 1 unspecified atom stereocenters. The van der Waals surface area contributed by atoms with Crippen LogP contribution in [0.3, 0.4) is 0 Å². The molecular formula is C14H23NO2S. The molecule has 0 saturated heterocycles. The average Bonchev–Trinajstić information content (AvgIpc) is 2.36. The molecule has 0 aliphatic heterocycles. The number of hydrogen-bond donors (Lipinski definition) is 2. The fourth-order valence-corrected chi connectivity index (χ4v) is 2.00. The van der Waals surface area contributed by atoms with Gasteiger partial charge in [-0.1, -0.05) is 12.1 Å². The van der Waals surface area contributed by atoms with E-state index in [0.29, 0.717) is 13.2 Å². The fourth-order valence-electron chi connectivity index (χ4n) is 1.57. The first-order valence-corrected chi connectivity index (χ1v) is 7.69. The summed E-state index contributed by atoms with van der Waals surface area (Å²) >= 11 is 1.84. The Kier molecular flexibility index (Phi) is 7.89. The third-order valence-electron chi connectivity index (χ3n) is 2.51. The molecule has 0 bridgehead atoms. The summed E-state index contributed by atoms with van der Waals surface area (Å²) in [6.45, 7) is 3.89.